The molecule has 0 unspecified atom stereocenters. The minimum atomic E-state index is -0.258. The molecule has 1 amide bonds. The monoisotopic (exact) mass is 241 g/mol. The van der Waals surface area contributed by atoms with Gasteiger partial charge in [0.2, 0.25) is 0 Å². The van der Waals surface area contributed by atoms with E-state index in [1.54, 1.807) is 31.3 Å². The standard InChI is InChI=1S/C12H11N5O/c1-17(9-4-2-8(6-13)3-5-9)12(18)10-7-15-16-11(10)14/h2-5,7H,1H3,(H3,14,15,16). The zero-order valence-corrected chi connectivity index (χ0v) is 9.71. The van der Waals surface area contributed by atoms with Crippen LogP contribution in [0, 0.1) is 11.3 Å². The number of nitrogens with one attached hydrogen (secondary N) is 1. The van der Waals surface area contributed by atoms with Crippen LogP contribution in [0.5, 0.6) is 0 Å². The molecular formula is C12H11N5O. The molecule has 1 aromatic heterocycles. The summed E-state index contributed by atoms with van der Waals surface area (Å²) >= 11 is 0. The first-order valence-corrected chi connectivity index (χ1v) is 5.20. The number of amides is 1. The Morgan fingerprint density at radius 3 is 2.61 bits per heavy atom. The zero-order valence-electron chi connectivity index (χ0n) is 9.71. The normalized spacial score (nSPS) is 9.78. The number of carbonyl (C=O) groups is 1. The summed E-state index contributed by atoms with van der Waals surface area (Å²) in [5.74, 6) is -0.0218. The predicted octanol–water partition coefficient (Wildman–Crippen LogP) is 1.14. The number of nitriles is 1. The molecule has 0 saturated heterocycles. The maximum atomic E-state index is 12.1. The quantitative estimate of drug-likeness (QED) is 0.823. The number of aromatic nitrogens is 2. The fraction of sp³-hybridized carbons (Fsp3) is 0.0833. The molecule has 90 valence electrons. The third-order valence-electron chi connectivity index (χ3n) is 2.59. The maximum absolute atomic E-state index is 12.1. The third-order valence-corrected chi connectivity index (χ3v) is 2.59. The van der Waals surface area contributed by atoms with Gasteiger partial charge in [-0.15, -0.1) is 0 Å². The summed E-state index contributed by atoms with van der Waals surface area (Å²) in [5, 5.41) is 14.9. The second kappa shape index (κ2) is 4.59. The van der Waals surface area contributed by atoms with Crippen molar-refractivity contribution in [2.75, 3.05) is 17.7 Å². The topological polar surface area (TPSA) is 98.8 Å². The van der Waals surface area contributed by atoms with E-state index in [-0.39, 0.29) is 11.7 Å². The molecule has 6 heteroatoms. The van der Waals surface area contributed by atoms with Gasteiger partial charge in [-0.05, 0) is 24.3 Å². The van der Waals surface area contributed by atoms with Crippen LogP contribution in [0.15, 0.2) is 30.5 Å². The van der Waals surface area contributed by atoms with Crippen molar-refractivity contribution < 1.29 is 4.79 Å². The summed E-state index contributed by atoms with van der Waals surface area (Å²) in [4.78, 5) is 13.5. The molecule has 18 heavy (non-hydrogen) atoms. The molecule has 3 N–H and O–H groups in total. The van der Waals surface area contributed by atoms with Crippen molar-refractivity contribution in [1.82, 2.24) is 10.2 Å². The number of rotatable bonds is 2. The SMILES string of the molecule is CN(C(=O)c1cn[nH]c1N)c1ccc(C#N)cc1. The lowest BCUT2D eigenvalue weighted by atomic mass is 10.2. The van der Waals surface area contributed by atoms with Crippen LogP contribution < -0.4 is 10.6 Å². The first-order valence-electron chi connectivity index (χ1n) is 5.20. The van der Waals surface area contributed by atoms with Crippen molar-refractivity contribution >= 4 is 17.4 Å². The molecule has 0 aliphatic carbocycles. The first kappa shape index (κ1) is 11.7. The number of carbonyl (C=O) groups excluding carboxylic acids is 1. The van der Waals surface area contributed by atoms with Crippen molar-refractivity contribution in [3.8, 4) is 6.07 Å². The highest BCUT2D eigenvalue weighted by atomic mass is 16.2. The van der Waals surface area contributed by atoms with Gasteiger partial charge in [-0.25, -0.2) is 0 Å². The van der Waals surface area contributed by atoms with E-state index in [2.05, 4.69) is 10.2 Å². The van der Waals surface area contributed by atoms with Gasteiger partial charge >= 0.3 is 0 Å². The van der Waals surface area contributed by atoms with E-state index in [1.165, 1.54) is 11.1 Å². The fourth-order valence-electron chi connectivity index (χ4n) is 1.52. The minimum Gasteiger partial charge on any atom is -0.383 e. The van der Waals surface area contributed by atoms with Crippen molar-refractivity contribution in [2.24, 2.45) is 0 Å². The number of hydrogen-bond donors (Lipinski definition) is 2. The number of anilines is 2. The van der Waals surface area contributed by atoms with E-state index in [1.807, 2.05) is 6.07 Å². The number of H-pyrrole nitrogens is 1. The van der Waals surface area contributed by atoms with Gasteiger partial charge in [0.15, 0.2) is 0 Å². The zero-order chi connectivity index (χ0) is 13.1. The highest BCUT2D eigenvalue weighted by molar-refractivity contribution is 6.08. The molecule has 1 heterocycles. The van der Waals surface area contributed by atoms with Gasteiger partial charge in [-0.1, -0.05) is 0 Å². The Kier molecular flexibility index (Phi) is 2.98. The molecule has 0 saturated carbocycles. The Morgan fingerprint density at radius 1 is 1.44 bits per heavy atom. The maximum Gasteiger partial charge on any atom is 0.263 e. The molecule has 0 atom stereocenters. The molecule has 1 aromatic carbocycles. The van der Waals surface area contributed by atoms with E-state index < -0.39 is 0 Å². The van der Waals surface area contributed by atoms with Gasteiger partial charge < -0.3 is 10.6 Å². The largest absolute Gasteiger partial charge is 0.383 e. The number of nitrogens with zero attached hydrogens (tertiary/aromatic N) is 3. The van der Waals surface area contributed by atoms with Gasteiger partial charge in [-0.3, -0.25) is 9.89 Å². The lowest BCUT2D eigenvalue weighted by molar-refractivity contribution is 0.0994. The predicted molar refractivity (Wildman–Crippen MR) is 66.9 cm³/mol. The van der Waals surface area contributed by atoms with Crippen LogP contribution >= 0.6 is 0 Å². The number of nitrogen functional groups attached to an aromatic ring is 1. The smallest absolute Gasteiger partial charge is 0.263 e. The van der Waals surface area contributed by atoms with Crippen molar-refractivity contribution in [2.45, 2.75) is 0 Å². The van der Waals surface area contributed by atoms with E-state index >= 15 is 0 Å². The third kappa shape index (κ3) is 2.01. The van der Waals surface area contributed by atoms with Crippen LogP contribution in [0.25, 0.3) is 0 Å². The molecule has 0 spiro atoms. The fourth-order valence-corrected chi connectivity index (χ4v) is 1.52. The van der Waals surface area contributed by atoms with Crippen LogP contribution in [-0.2, 0) is 0 Å². The Balaban J connectivity index is 2.26. The Morgan fingerprint density at radius 2 is 2.11 bits per heavy atom. The second-order valence-electron chi connectivity index (χ2n) is 3.72. The van der Waals surface area contributed by atoms with Crippen LogP contribution in [0.4, 0.5) is 11.5 Å². The minimum absolute atomic E-state index is 0.237. The van der Waals surface area contributed by atoms with Crippen LogP contribution in [0.2, 0.25) is 0 Å². The second-order valence-corrected chi connectivity index (χ2v) is 3.72. The summed E-state index contributed by atoms with van der Waals surface area (Å²) in [5.41, 5.74) is 7.14. The number of benzene rings is 1. The van der Waals surface area contributed by atoms with Crippen LogP contribution in [0.3, 0.4) is 0 Å². The van der Waals surface area contributed by atoms with Crippen LogP contribution in [0.1, 0.15) is 15.9 Å². The number of hydrogen-bond acceptors (Lipinski definition) is 4. The van der Waals surface area contributed by atoms with Gasteiger partial charge in [0.1, 0.15) is 11.4 Å². The number of aromatic amines is 1. The van der Waals surface area contributed by atoms with Crippen molar-refractivity contribution in [3.05, 3.63) is 41.6 Å². The lowest BCUT2D eigenvalue weighted by Crippen LogP contribution is -2.26. The van der Waals surface area contributed by atoms with E-state index in [4.69, 9.17) is 11.0 Å². The average Bonchev–Trinajstić information content (AvgIpc) is 2.83. The summed E-state index contributed by atoms with van der Waals surface area (Å²) in [6.07, 6.45) is 1.39. The van der Waals surface area contributed by atoms with Gasteiger partial charge in [0, 0.05) is 12.7 Å². The molecule has 0 fully saturated rings. The Hall–Kier alpha value is -2.81. The summed E-state index contributed by atoms with van der Waals surface area (Å²) < 4.78 is 0. The highest BCUT2D eigenvalue weighted by Crippen LogP contribution is 2.17. The number of nitrogens with two attached hydrogens (primary N) is 1. The van der Waals surface area contributed by atoms with E-state index in [0.29, 0.717) is 16.8 Å². The van der Waals surface area contributed by atoms with Gasteiger partial charge in [0.05, 0.1) is 17.8 Å². The molecule has 0 aliphatic rings. The molecule has 2 rings (SSSR count). The molecule has 2 aromatic rings. The average molecular weight is 241 g/mol. The van der Waals surface area contributed by atoms with Crippen molar-refractivity contribution in [1.29, 1.82) is 5.26 Å². The Labute approximate surface area is 104 Å². The first-order chi connectivity index (χ1) is 8.63. The molecular weight excluding hydrogens is 230 g/mol. The summed E-state index contributed by atoms with van der Waals surface area (Å²) in [7, 11) is 1.64. The van der Waals surface area contributed by atoms with Gasteiger partial charge in [-0.2, -0.15) is 10.4 Å². The molecule has 0 bridgehead atoms. The van der Waals surface area contributed by atoms with E-state index in [9.17, 15) is 4.79 Å². The Bertz CT molecular complexity index is 608. The van der Waals surface area contributed by atoms with Crippen LogP contribution in [-0.4, -0.2) is 23.2 Å². The van der Waals surface area contributed by atoms with Gasteiger partial charge in [0.25, 0.3) is 5.91 Å². The molecule has 0 radical (unpaired) electrons. The summed E-state index contributed by atoms with van der Waals surface area (Å²) in [6.45, 7) is 0. The lowest BCUT2D eigenvalue weighted by Gasteiger charge is -2.16. The molecule has 6 nitrogen and oxygen atoms in total. The molecule has 0 aliphatic heterocycles. The highest BCUT2D eigenvalue weighted by Gasteiger charge is 2.17. The summed E-state index contributed by atoms with van der Waals surface area (Å²) in [6, 6.07) is 8.72. The van der Waals surface area contributed by atoms with E-state index in [0.717, 1.165) is 0 Å². The van der Waals surface area contributed by atoms with Crippen molar-refractivity contribution in [3.63, 3.8) is 0 Å².